The van der Waals surface area contributed by atoms with Crippen molar-refractivity contribution in [1.82, 2.24) is 0 Å². The molecule has 0 atom stereocenters. The maximum Gasteiger partial charge on any atom is 0.315 e. The molecule has 0 heterocycles. The number of anilines is 3. The first kappa shape index (κ1) is 13.4. The summed E-state index contributed by atoms with van der Waals surface area (Å²) in [5, 5.41) is 17.3. The number of rotatable bonds is 4. The first-order chi connectivity index (χ1) is 10.2. The summed E-state index contributed by atoms with van der Waals surface area (Å²) in [6.45, 7) is 0. The molecule has 0 bridgehead atoms. The average molecular weight is 283 g/mol. The zero-order valence-corrected chi connectivity index (χ0v) is 11.8. The van der Waals surface area contributed by atoms with Crippen LogP contribution >= 0.6 is 0 Å². The Morgan fingerprint density at radius 2 is 1.86 bits per heavy atom. The van der Waals surface area contributed by atoms with Gasteiger partial charge in [-0.05, 0) is 54.7 Å². The van der Waals surface area contributed by atoms with Crippen molar-refractivity contribution >= 4 is 22.7 Å². The standard InChI is InChI=1S/C16H17N3O2/c1-17-14-6-3-7-15(16(14)19(20)21)18-13-9-8-11-4-2-5-12(11)10-13/h3,6-10,17-18H,2,4-5H2,1H3. The third-order valence-corrected chi connectivity index (χ3v) is 3.87. The van der Waals surface area contributed by atoms with Gasteiger partial charge >= 0.3 is 5.69 Å². The number of hydrogen-bond acceptors (Lipinski definition) is 4. The van der Waals surface area contributed by atoms with E-state index in [2.05, 4.69) is 22.8 Å². The minimum atomic E-state index is -0.360. The highest BCUT2D eigenvalue weighted by molar-refractivity contribution is 5.79. The summed E-state index contributed by atoms with van der Waals surface area (Å²) < 4.78 is 0. The molecule has 0 aliphatic heterocycles. The van der Waals surface area contributed by atoms with E-state index in [1.807, 2.05) is 6.07 Å². The van der Waals surface area contributed by atoms with Gasteiger partial charge < -0.3 is 10.6 Å². The quantitative estimate of drug-likeness (QED) is 0.660. The number of para-hydroxylation sites is 1. The van der Waals surface area contributed by atoms with Crippen LogP contribution in [0.4, 0.5) is 22.7 Å². The van der Waals surface area contributed by atoms with Crippen molar-refractivity contribution in [3.8, 4) is 0 Å². The van der Waals surface area contributed by atoms with E-state index in [-0.39, 0.29) is 10.6 Å². The zero-order valence-electron chi connectivity index (χ0n) is 11.8. The largest absolute Gasteiger partial charge is 0.382 e. The van der Waals surface area contributed by atoms with Gasteiger partial charge in [0.05, 0.1) is 4.92 Å². The van der Waals surface area contributed by atoms with Gasteiger partial charge in [0.25, 0.3) is 0 Å². The van der Waals surface area contributed by atoms with Crippen LogP contribution in [0.15, 0.2) is 36.4 Å². The van der Waals surface area contributed by atoms with Gasteiger partial charge in [0.15, 0.2) is 0 Å². The Labute approximate surface area is 123 Å². The SMILES string of the molecule is CNc1cccc(Nc2ccc3c(c2)CCC3)c1[N+](=O)[O-]. The van der Waals surface area contributed by atoms with Crippen molar-refractivity contribution in [2.45, 2.75) is 19.3 Å². The lowest BCUT2D eigenvalue weighted by molar-refractivity contribution is -0.383. The van der Waals surface area contributed by atoms with E-state index in [1.54, 1.807) is 25.2 Å². The Morgan fingerprint density at radius 1 is 1.10 bits per heavy atom. The molecule has 21 heavy (non-hydrogen) atoms. The van der Waals surface area contributed by atoms with Gasteiger partial charge in [-0.1, -0.05) is 12.1 Å². The summed E-state index contributed by atoms with van der Waals surface area (Å²) in [6, 6.07) is 11.4. The van der Waals surface area contributed by atoms with Gasteiger partial charge in [0.1, 0.15) is 11.4 Å². The first-order valence-corrected chi connectivity index (χ1v) is 7.03. The number of hydrogen-bond donors (Lipinski definition) is 2. The van der Waals surface area contributed by atoms with Crippen molar-refractivity contribution in [3.63, 3.8) is 0 Å². The van der Waals surface area contributed by atoms with E-state index < -0.39 is 0 Å². The Kier molecular flexibility index (Phi) is 3.48. The summed E-state index contributed by atoms with van der Waals surface area (Å²) in [7, 11) is 1.68. The highest BCUT2D eigenvalue weighted by Gasteiger charge is 2.19. The molecule has 2 N–H and O–H groups in total. The van der Waals surface area contributed by atoms with Crippen molar-refractivity contribution < 1.29 is 4.92 Å². The maximum atomic E-state index is 11.3. The van der Waals surface area contributed by atoms with Gasteiger partial charge in [-0.2, -0.15) is 0 Å². The Bertz CT molecular complexity index is 698. The van der Waals surface area contributed by atoms with Gasteiger partial charge in [0.2, 0.25) is 0 Å². The molecule has 0 saturated heterocycles. The molecule has 108 valence electrons. The maximum absolute atomic E-state index is 11.3. The predicted molar refractivity (Wildman–Crippen MR) is 84.4 cm³/mol. The van der Waals surface area contributed by atoms with Crippen LogP contribution in [-0.2, 0) is 12.8 Å². The van der Waals surface area contributed by atoms with Crippen LogP contribution in [-0.4, -0.2) is 12.0 Å². The fourth-order valence-corrected chi connectivity index (χ4v) is 2.85. The van der Waals surface area contributed by atoms with Crippen LogP contribution in [0.3, 0.4) is 0 Å². The summed E-state index contributed by atoms with van der Waals surface area (Å²) in [6.07, 6.45) is 3.41. The number of nitrogens with one attached hydrogen (secondary N) is 2. The summed E-state index contributed by atoms with van der Waals surface area (Å²) >= 11 is 0. The van der Waals surface area contributed by atoms with E-state index in [4.69, 9.17) is 0 Å². The molecule has 5 nitrogen and oxygen atoms in total. The Hall–Kier alpha value is -2.56. The second-order valence-corrected chi connectivity index (χ2v) is 5.17. The molecule has 3 rings (SSSR count). The Balaban J connectivity index is 1.96. The molecule has 1 aliphatic carbocycles. The fourth-order valence-electron chi connectivity index (χ4n) is 2.85. The summed E-state index contributed by atoms with van der Waals surface area (Å²) in [5.41, 5.74) is 4.70. The highest BCUT2D eigenvalue weighted by Crippen LogP contribution is 2.35. The van der Waals surface area contributed by atoms with Crippen molar-refractivity contribution in [2.24, 2.45) is 0 Å². The molecule has 0 aromatic heterocycles. The normalized spacial score (nSPS) is 12.8. The summed E-state index contributed by atoms with van der Waals surface area (Å²) in [5.74, 6) is 0. The molecule has 2 aromatic rings. The molecule has 5 heteroatoms. The van der Waals surface area contributed by atoms with Crippen LogP contribution in [0.2, 0.25) is 0 Å². The van der Waals surface area contributed by atoms with E-state index in [9.17, 15) is 10.1 Å². The first-order valence-electron chi connectivity index (χ1n) is 7.03. The lowest BCUT2D eigenvalue weighted by atomic mass is 10.1. The molecule has 0 unspecified atom stereocenters. The van der Waals surface area contributed by atoms with E-state index in [0.717, 1.165) is 18.5 Å². The molecular weight excluding hydrogens is 266 g/mol. The lowest BCUT2D eigenvalue weighted by Crippen LogP contribution is -2.01. The van der Waals surface area contributed by atoms with Crippen molar-refractivity contribution in [3.05, 3.63) is 57.6 Å². The molecule has 0 radical (unpaired) electrons. The molecule has 0 fully saturated rings. The smallest absolute Gasteiger partial charge is 0.315 e. The van der Waals surface area contributed by atoms with Crippen LogP contribution in [0.5, 0.6) is 0 Å². The van der Waals surface area contributed by atoms with E-state index in [1.165, 1.54) is 17.5 Å². The molecule has 2 aromatic carbocycles. The average Bonchev–Trinajstić information content (AvgIpc) is 2.94. The van der Waals surface area contributed by atoms with Crippen molar-refractivity contribution in [2.75, 3.05) is 17.7 Å². The minimum Gasteiger partial charge on any atom is -0.382 e. The zero-order chi connectivity index (χ0) is 14.8. The fraction of sp³-hybridized carbons (Fsp3) is 0.250. The third-order valence-electron chi connectivity index (χ3n) is 3.87. The van der Waals surface area contributed by atoms with Gasteiger partial charge in [-0.15, -0.1) is 0 Å². The topological polar surface area (TPSA) is 67.2 Å². The van der Waals surface area contributed by atoms with Crippen LogP contribution < -0.4 is 10.6 Å². The molecule has 0 saturated carbocycles. The minimum absolute atomic E-state index is 0.0699. The second-order valence-electron chi connectivity index (χ2n) is 5.17. The monoisotopic (exact) mass is 283 g/mol. The Morgan fingerprint density at radius 3 is 2.62 bits per heavy atom. The molecule has 1 aliphatic rings. The number of nitro benzene ring substituents is 1. The van der Waals surface area contributed by atoms with Crippen molar-refractivity contribution in [1.29, 1.82) is 0 Å². The predicted octanol–water partition coefficient (Wildman–Crippen LogP) is 3.87. The summed E-state index contributed by atoms with van der Waals surface area (Å²) in [4.78, 5) is 10.9. The number of nitrogens with zero attached hydrogens (tertiary/aromatic N) is 1. The highest BCUT2D eigenvalue weighted by atomic mass is 16.6. The van der Waals surface area contributed by atoms with Gasteiger partial charge in [0, 0.05) is 12.7 Å². The number of aryl methyl sites for hydroxylation is 2. The van der Waals surface area contributed by atoms with Gasteiger partial charge in [-0.3, -0.25) is 10.1 Å². The van der Waals surface area contributed by atoms with Gasteiger partial charge in [-0.25, -0.2) is 0 Å². The van der Waals surface area contributed by atoms with Crippen LogP contribution in [0.1, 0.15) is 17.5 Å². The van der Waals surface area contributed by atoms with E-state index in [0.29, 0.717) is 11.4 Å². The number of fused-ring (bicyclic) bond motifs is 1. The van der Waals surface area contributed by atoms with Crippen LogP contribution in [0, 0.1) is 10.1 Å². The number of nitro groups is 1. The second kappa shape index (κ2) is 5.44. The molecular formula is C16H17N3O2. The van der Waals surface area contributed by atoms with Crippen LogP contribution in [0.25, 0.3) is 0 Å². The molecule has 0 amide bonds. The number of benzene rings is 2. The molecule has 0 spiro atoms. The lowest BCUT2D eigenvalue weighted by Gasteiger charge is -2.11. The third kappa shape index (κ3) is 2.54. The van der Waals surface area contributed by atoms with E-state index >= 15 is 0 Å².